The van der Waals surface area contributed by atoms with Crippen LogP contribution >= 0.6 is 0 Å². The van der Waals surface area contributed by atoms with Gasteiger partial charge in [-0.3, -0.25) is 4.90 Å². The maximum atomic E-state index is 3.04. The van der Waals surface area contributed by atoms with Gasteiger partial charge in [0.05, 0.1) is 13.1 Å². The molecule has 0 aromatic carbocycles. The predicted molar refractivity (Wildman–Crippen MR) is 67.1 cm³/mol. The molecule has 1 aliphatic rings. The molecule has 0 aromatic rings. The highest BCUT2D eigenvalue weighted by Crippen LogP contribution is 1.91. The van der Waals surface area contributed by atoms with E-state index in [4.69, 9.17) is 0 Å². The number of hydrogen-bond acceptors (Lipinski definition) is 1. The molecule has 0 amide bonds. The van der Waals surface area contributed by atoms with Gasteiger partial charge in [-0.05, 0) is 36.6 Å². The summed E-state index contributed by atoms with van der Waals surface area (Å²) in [5, 5.41) is 0. The van der Waals surface area contributed by atoms with E-state index in [2.05, 4.69) is 59.2 Å². The fourth-order valence-electron chi connectivity index (χ4n) is 1.15. The molecule has 1 heterocycles. The fraction of sp³-hybridized carbons (Fsp3) is 0.467. The van der Waals surface area contributed by atoms with E-state index in [1.54, 1.807) is 0 Å². The van der Waals surface area contributed by atoms with E-state index in [9.17, 15) is 0 Å². The lowest BCUT2D eigenvalue weighted by molar-refractivity contribution is 0.365. The van der Waals surface area contributed by atoms with Crippen molar-refractivity contribution >= 4 is 0 Å². The predicted octanol–water partition coefficient (Wildman–Crippen LogP) is 1.51. The van der Waals surface area contributed by atoms with E-state index in [1.165, 1.54) is 0 Å². The zero-order chi connectivity index (χ0) is 11.5. The van der Waals surface area contributed by atoms with Crippen molar-refractivity contribution in [3.8, 4) is 47.4 Å². The van der Waals surface area contributed by atoms with Gasteiger partial charge in [0, 0.05) is 12.8 Å². The van der Waals surface area contributed by atoms with Gasteiger partial charge in [-0.1, -0.05) is 30.6 Å². The largest absolute Gasteiger partial charge is 0.281 e. The Balaban J connectivity index is 2.62. The van der Waals surface area contributed by atoms with E-state index < -0.39 is 0 Å². The molecule has 0 N–H and O–H groups in total. The molecule has 0 bridgehead atoms. The molecule has 0 radical (unpaired) electrons. The monoisotopic (exact) mass is 209 g/mol. The fourth-order valence-corrected chi connectivity index (χ4v) is 1.15. The van der Waals surface area contributed by atoms with Crippen LogP contribution in [-0.4, -0.2) is 24.5 Å². The molecule has 16 heavy (non-hydrogen) atoms. The number of hydrogen-bond donors (Lipinski definition) is 0. The third-order valence-corrected chi connectivity index (χ3v) is 2.13. The Kier molecular flexibility index (Phi) is 6.52. The second kappa shape index (κ2) is 8.50. The van der Waals surface area contributed by atoms with Crippen LogP contribution in [0.4, 0.5) is 0 Å². The van der Waals surface area contributed by atoms with Crippen LogP contribution in [0.25, 0.3) is 0 Å². The normalized spacial score (nSPS) is 15.8. The van der Waals surface area contributed by atoms with Crippen molar-refractivity contribution in [1.82, 2.24) is 4.90 Å². The van der Waals surface area contributed by atoms with Crippen LogP contribution in [0.5, 0.6) is 0 Å². The van der Waals surface area contributed by atoms with Gasteiger partial charge in [-0.15, -0.1) is 0 Å². The molecule has 0 fully saturated rings. The molecule has 80 valence electrons. The summed E-state index contributed by atoms with van der Waals surface area (Å²) in [5.41, 5.74) is 0. The minimum atomic E-state index is 0.729. The topological polar surface area (TPSA) is 3.24 Å². The molecule has 1 rings (SSSR count). The van der Waals surface area contributed by atoms with Gasteiger partial charge in [0.2, 0.25) is 0 Å². The van der Waals surface area contributed by atoms with E-state index in [0.29, 0.717) is 0 Å². The summed E-state index contributed by atoms with van der Waals surface area (Å²) in [5.74, 6) is 23.6. The first-order valence-electron chi connectivity index (χ1n) is 5.57. The lowest BCUT2D eigenvalue weighted by Crippen LogP contribution is -2.23. The molecule has 0 saturated carbocycles. The lowest BCUT2D eigenvalue weighted by Gasteiger charge is -2.12. The van der Waals surface area contributed by atoms with E-state index in [0.717, 1.165) is 38.9 Å². The van der Waals surface area contributed by atoms with Gasteiger partial charge in [0.1, 0.15) is 0 Å². The first-order chi connectivity index (χ1) is 7.93. The van der Waals surface area contributed by atoms with Crippen molar-refractivity contribution in [2.45, 2.75) is 26.2 Å². The molecule has 0 atom stereocenters. The molecule has 0 aromatic heterocycles. The van der Waals surface area contributed by atoms with Crippen LogP contribution in [0.15, 0.2) is 0 Å². The zero-order valence-electron chi connectivity index (χ0n) is 9.69. The van der Waals surface area contributed by atoms with E-state index >= 15 is 0 Å². The molecule has 0 saturated heterocycles. The Labute approximate surface area is 98.6 Å². The van der Waals surface area contributed by atoms with Crippen LogP contribution in [0, 0.1) is 47.4 Å². The van der Waals surface area contributed by atoms with Gasteiger partial charge in [0.15, 0.2) is 0 Å². The van der Waals surface area contributed by atoms with Crippen molar-refractivity contribution in [2.75, 3.05) is 19.6 Å². The minimum absolute atomic E-state index is 0.729. The molecule has 1 heteroatoms. The molecular formula is C15H15N. The molecule has 1 aliphatic heterocycles. The van der Waals surface area contributed by atoms with Crippen LogP contribution in [-0.2, 0) is 0 Å². The highest BCUT2D eigenvalue weighted by atomic mass is 15.1. The highest BCUT2D eigenvalue weighted by molar-refractivity contribution is 5.28. The lowest BCUT2D eigenvalue weighted by atomic mass is 10.2. The van der Waals surface area contributed by atoms with Crippen molar-refractivity contribution < 1.29 is 0 Å². The van der Waals surface area contributed by atoms with Crippen molar-refractivity contribution in [2.24, 2.45) is 0 Å². The van der Waals surface area contributed by atoms with Gasteiger partial charge in [-0.2, -0.15) is 0 Å². The summed E-state index contributed by atoms with van der Waals surface area (Å²) in [4.78, 5) is 2.16. The third-order valence-electron chi connectivity index (χ3n) is 2.13. The Morgan fingerprint density at radius 1 is 0.812 bits per heavy atom. The van der Waals surface area contributed by atoms with Gasteiger partial charge in [-0.25, -0.2) is 0 Å². The molecule has 0 spiro atoms. The zero-order valence-corrected chi connectivity index (χ0v) is 9.69. The van der Waals surface area contributed by atoms with Crippen LogP contribution in [0.3, 0.4) is 0 Å². The first-order valence-corrected chi connectivity index (χ1v) is 5.57. The molecule has 1 nitrogen and oxygen atoms in total. The molecular weight excluding hydrogens is 194 g/mol. The Morgan fingerprint density at radius 3 is 1.81 bits per heavy atom. The quantitative estimate of drug-likeness (QED) is 0.592. The second-order valence-corrected chi connectivity index (χ2v) is 3.36. The van der Waals surface area contributed by atoms with Gasteiger partial charge >= 0.3 is 0 Å². The number of rotatable bonds is 1. The van der Waals surface area contributed by atoms with Crippen molar-refractivity contribution in [1.29, 1.82) is 0 Å². The second-order valence-electron chi connectivity index (χ2n) is 3.36. The van der Waals surface area contributed by atoms with Crippen LogP contribution < -0.4 is 0 Å². The summed E-state index contributed by atoms with van der Waals surface area (Å²) >= 11 is 0. The van der Waals surface area contributed by atoms with Crippen molar-refractivity contribution in [3.63, 3.8) is 0 Å². The van der Waals surface area contributed by atoms with Gasteiger partial charge < -0.3 is 0 Å². The van der Waals surface area contributed by atoms with E-state index in [1.807, 2.05) is 0 Å². The Bertz CT molecular complexity index is 401. The summed E-state index contributed by atoms with van der Waals surface area (Å²) < 4.78 is 0. The Morgan fingerprint density at radius 2 is 1.31 bits per heavy atom. The molecule has 0 aliphatic carbocycles. The van der Waals surface area contributed by atoms with Crippen LogP contribution in [0.1, 0.15) is 26.2 Å². The summed E-state index contributed by atoms with van der Waals surface area (Å²) in [6.45, 7) is 4.51. The molecule has 0 unspecified atom stereocenters. The summed E-state index contributed by atoms with van der Waals surface area (Å²) in [6, 6.07) is 0. The maximum Gasteiger partial charge on any atom is 0.0620 e. The minimum Gasteiger partial charge on any atom is -0.281 e. The number of nitrogens with zero attached hydrogens (tertiary/aromatic N) is 1. The Hall–Kier alpha value is -1.80. The summed E-state index contributed by atoms with van der Waals surface area (Å²) in [7, 11) is 0. The highest BCUT2D eigenvalue weighted by Gasteiger charge is 1.95. The SMILES string of the molecule is CCN1CC#CC#CCCCC#CC#CC1. The standard InChI is InChI=1S/C15H15N/c1-2-16-14-12-10-8-6-4-3-5-7-9-11-13-15-16/h2-5,14-15H2,1H3. The van der Waals surface area contributed by atoms with Crippen molar-refractivity contribution in [3.05, 3.63) is 0 Å². The smallest absolute Gasteiger partial charge is 0.0620 e. The van der Waals surface area contributed by atoms with Gasteiger partial charge in [0.25, 0.3) is 0 Å². The van der Waals surface area contributed by atoms with Crippen LogP contribution in [0.2, 0.25) is 0 Å². The average molecular weight is 209 g/mol. The first kappa shape index (κ1) is 12.3. The third kappa shape index (κ3) is 5.83. The maximum absolute atomic E-state index is 3.04. The van der Waals surface area contributed by atoms with E-state index in [-0.39, 0.29) is 0 Å². The summed E-state index contributed by atoms with van der Waals surface area (Å²) in [6.07, 6.45) is 2.74. The average Bonchev–Trinajstić information content (AvgIpc) is 2.32.